The largest absolute Gasteiger partial charge is 0.379 e. The molecule has 166 valence electrons. The number of likely N-dealkylation sites (tertiary alicyclic amines) is 1. The Morgan fingerprint density at radius 2 is 1.83 bits per heavy atom. The van der Waals surface area contributed by atoms with Gasteiger partial charge in [-0.25, -0.2) is 8.42 Å². The Labute approximate surface area is 177 Å². The normalized spacial score (nSPS) is 22.8. The zero-order chi connectivity index (χ0) is 21.9. The van der Waals surface area contributed by atoms with Crippen LogP contribution in [0.15, 0.2) is 23.1 Å². The second kappa shape index (κ2) is 9.30. The van der Waals surface area contributed by atoms with Crippen LogP contribution in [0.5, 0.6) is 0 Å². The molecule has 3 rings (SSSR count). The van der Waals surface area contributed by atoms with Crippen molar-refractivity contribution in [2.75, 3.05) is 38.0 Å². The molecule has 0 aliphatic carbocycles. The number of hydrogen-bond donors (Lipinski definition) is 1. The van der Waals surface area contributed by atoms with E-state index in [1.165, 1.54) is 16.4 Å². The van der Waals surface area contributed by atoms with Gasteiger partial charge in [0.05, 0.1) is 9.82 Å². The van der Waals surface area contributed by atoms with Crippen molar-refractivity contribution < 1.29 is 18.1 Å². The van der Waals surface area contributed by atoms with Crippen LogP contribution in [0.1, 0.15) is 39.5 Å². The lowest BCUT2D eigenvalue weighted by atomic mass is 9.94. The average molecular weight is 439 g/mol. The van der Waals surface area contributed by atoms with Gasteiger partial charge in [-0.3, -0.25) is 14.9 Å². The number of nitro benzene ring substituents is 1. The smallest absolute Gasteiger partial charge is 0.293 e. The highest BCUT2D eigenvalue weighted by molar-refractivity contribution is 7.89. The number of carbonyl (C=O) groups is 1. The highest BCUT2D eigenvalue weighted by atomic mass is 32.2. The molecule has 30 heavy (non-hydrogen) atoms. The topological polar surface area (TPSA) is 113 Å². The first-order valence-electron chi connectivity index (χ1n) is 10.5. The van der Waals surface area contributed by atoms with Crippen molar-refractivity contribution in [2.24, 2.45) is 11.8 Å². The monoisotopic (exact) mass is 438 g/mol. The van der Waals surface area contributed by atoms with Gasteiger partial charge in [-0.1, -0.05) is 13.8 Å². The van der Waals surface area contributed by atoms with Crippen LogP contribution in [0.4, 0.5) is 11.4 Å². The van der Waals surface area contributed by atoms with Crippen molar-refractivity contribution in [2.45, 2.75) is 44.4 Å². The molecule has 9 nitrogen and oxygen atoms in total. The Hall–Kier alpha value is -2.20. The highest BCUT2D eigenvalue weighted by Crippen LogP contribution is 2.31. The minimum Gasteiger partial charge on any atom is -0.379 e. The van der Waals surface area contributed by atoms with Gasteiger partial charge in [-0.15, -0.1) is 0 Å². The van der Waals surface area contributed by atoms with Gasteiger partial charge in [-0.05, 0) is 43.2 Å². The van der Waals surface area contributed by atoms with E-state index in [4.69, 9.17) is 0 Å². The first kappa shape index (κ1) is 22.5. The molecule has 1 N–H and O–H groups in total. The van der Waals surface area contributed by atoms with Gasteiger partial charge in [0.15, 0.2) is 0 Å². The number of nitrogens with zero attached hydrogens (tertiary/aromatic N) is 3. The zero-order valence-electron chi connectivity index (χ0n) is 17.5. The summed E-state index contributed by atoms with van der Waals surface area (Å²) in [5, 5.41) is 14.5. The third kappa shape index (κ3) is 5.10. The van der Waals surface area contributed by atoms with Crippen LogP contribution in [0, 0.1) is 22.0 Å². The molecule has 0 bridgehead atoms. The number of hydrogen-bond acceptors (Lipinski definition) is 6. The third-order valence-electron chi connectivity index (χ3n) is 5.75. The average Bonchev–Trinajstić information content (AvgIpc) is 3.22. The molecule has 2 fully saturated rings. The molecule has 0 radical (unpaired) electrons. The van der Waals surface area contributed by atoms with Crippen molar-refractivity contribution >= 4 is 27.3 Å². The Bertz CT molecular complexity index is 888. The fourth-order valence-electron chi connectivity index (χ4n) is 4.35. The second-order valence-corrected chi connectivity index (χ2v) is 10.4. The zero-order valence-corrected chi connectivity index (χ0v) is 18.4. The first-order chi connectivity index (χ1) is 14.2. The van der Waals surface area contributed by atoms with Crippen molar-refractivity contribution in [1.82, 2.24) is 9.21 Å². The minimum absolute atomic E-state index is 0.0233. The van der Waals surface area contributed by atoms with Gasteiger partial charge in [0, 0.05) is 45.2 Å². The van der Waals surface area contributed by atoms with Crippen LogP contribution in [0.25, 0.3) is 0 Å². The third-order valence-corrected chi connectivity index (χ3v) is 7.58. The van der Waals surface area contributed by atoms with E-state index < -0.39 is 14.9 Å². The minimum atomic E-state index is -3.81. The predicted octanol–water partition coefficient (Wildman–Crippen LogP) is 2.69. The molecule has 2 aliphatic heterocycles. The molecule has 2 aliphatic rings. The molecule has 2 heterocycles. The Balaban J connectivity index is 1.72. The lowest BCUT2D eigenvalue weighted by molar-refractivity contribution is -0.384. The van der Waals surface area contributed by atoms with E-state index in [9.17, 15) is 23.3 Å². The summed E-state index contributed by atoms with van der Waals surface area (Å²) in [6, 6.07) is 3.93. The maximum absolute atomic E-state index is 13.0. The Kier molecular flexibility index (Phi) is 6.97. The fraction of sp³-hybridized carbons (Fsp3) is 0.650. The second-order valence-electron chi connectivity index (χ2n) is 8.47. The van der Waals surface area contributed by atoms with Gasteiger partial charge >= 0.3 is 0 Å². The fourth-order valence-corrected chi connectivity index (χ4v) is 6.05. The Morgan fingerprint density at radius 3 is 2.43 bits per heavy atom. The summed E-state index contributed by atoms with van der Waals surface area (Å²) in [6.07, 6.45) is 3.22. The van der Waals surface area contributed by atoms with Crippen LogP contribution in [0.2, 0.25) is 0 Å². The summed E-state index contributed by atoms with van der Waals surface area (Å²) in [5.41, 5.74) is -0.0867. The lowest BCUT2D eigenvalue weighted by Gasteiger charge is -2.34. The summed E-state index contributed by atoms with van der Waals surface area (Å²) >= 11 is 0. The highest BCUT2D eigenvalue weighted by Gasteiger charge is 2.33. The summed E-state index contributed by atoms with van der Waals surface area (Å²) in [5.74, 6) is 0.510. The van der Waals surface area contributed by atoms with Crippen LogP contribution in [-0.2, 0) is 14.8 Å². The molecule has 0 saturated carbocycles. The van der Waals surface area contributed by atoms with Gasteiger partial charge in [0.2, 0.25) is 15.9 Å². The molecule has 1 amide bonds. The number of nitro groups is 1. The standard InChI is InChI=1S/C20H30N4O5S/c1-15-11-16(2)14-23(13-15)30(28,29)17-5-6-18(19(12-17)24(26)27)21-8-7-20(25)22-9-3-4-10-22/h5-6,12,15-16,21H,3-4,7-11,13-14H2,1-2H3. The number of nitrogens with one attached hydrogen (secondary N) is 1. The van der Waals surface area contributed by atoms with Crippen molar-refractivity contribution in [3.63, 3.8) is 0 Å². The van der Waals surface area contributed by atoms with E-state index in [-0.39, 0.29) is 47.0 Å². The van der Waals surface area contributed by atoms with E-state index >= 15 is 0 Å². The number of carbonyl (C=O) groups excluding carboxylic acids is 1. The number of piperidine rings is 1. The molecule has 1 aromatic rings. The van der Waals surface area contributed by atoms with E-state index in [1.54, 1.807) is 4.90 Å². The predicted molar refractivity (Wildman–Crippen MR) is 114 cm³/mol. The maximum Gasteiger partial charge on any atom is 0.293 e. The van der Waals surface area contributed by atoms with Crippen molar-refractivity contribution in [1.29, 1.82) is 0 Å². The molecule has 2 saturated heterocycles. The number of sulfonamides is 1. The summed E-state index contributed by atoms with van der Waals surface area (Å²) in [4.78, 5) is 24.8. The molecular formula is C20H30N4O5S. The first-order valence-corrected chi connectivity index (χ1v) is 11.9. The summed E-state index contributed by atoms with van der Waals surface area (Å²) < 4.78 is 27.5. The number of amides is 1. The van der Waals surface area contributed by atoms with Gasteiger partial charge < -0.3 is 10.2 Å². The quantitative estimate of drug-likeness (QED) is 0.517. The molecule has 0 aromatic heterocycles. The van der Waals surface area contributed by atoms with Crippen LogP contribution < -0.4 is 5.32 Å². The molecule has 2 unspecified atom stereocenters. The van der Waals surface area contributed by atoms with Crippen molar-refractivity contribution in [3.8, 4) is 0 Å². The number of anilines is 1. The van der Waals surface area contributed by atoms with Crippen LogP contribution in [0.3, 0.4) is 0 Å². The van der Waals surface area contributed by atoms with Gasteiger partial charge in [0.1, 0.15) is 5.69 Å². The molecule has 1 aromatic carbocycles. The van der Waals surface area contributed by atoms with E-state index in [0.717, 1.165) is 38.4 Å². The number of rotatable bonds is 7. The maximum atomic E-state index is 13.0. The molecule has 0 spiro atoms. The Morgan fingerprint density at radius 1 is 1.20 bits per heavy atom. The van der Waals surface area contributed by atoms with Crippen LogP contribution in [-0.4, -0.2) is 61.2 Å². The SMILES string of the molecule is CC1CC(C)CN(S(=O)(=O)c2ccc(NCCC(=O)N3CCCC3)c([N+](=O)[O-])c2)C1. The summed E-state index contributed by atoms with van der Waals surface area (Å²) in [7, 11) is -3.81. The van der Waals surface area contributed by atoms with Crippen molar-refractivity contribution in [3.05, 3.63) is 28.3 Å². The van der Waals surface area contributed by atoms with E-state index in [1.807, 2.05) is 13.8 Å². The number of benzene rings is 1. The molecule has 10 heteroatoms. The summed E-state index contributed by atoms with van der Waals surface area (Å²) in [6.45, 7) is 6.63. The molecule has 2 atom stereocenters. The van der Waals surface area contributed by atoms with E-state index in [2.05, 4.69) is 5.32 Å². The van der Waals surface area contributed by atoms with Gasteiger partial charge in [-0.2, -0.15) is 4.31 Å². The molecular weight excluding hydrogens is 408 g/mol. The lowest BCUT2D eigenvalue weighted by Crippen LogP contribution is -2.42. The van der Waals surface area contributed by atoms with Crippen LogP contribution >= 0.6 is 0 Å². The van der Waals surface area contributed by atoms with Gasteiger partial charge in [0.25, 0.3) is 5.69 Å². The van der Waals surface area contributed by atoms with E-state index in [0.29, 0.717) is 13.1 Å².